The third kappa shape index (κ3) is 4.35. The summed E-state index contributed by atoms with van der Waals surface area (Å²) >= 11 is 0. The molecule has 0 unspecified atom stereocenters. The van der Waals surface area contributed by atoms with Gasteiger partial charge in [-0.3, -0.25) is 9.59 Å². The molecular formula is C16H23N3O4. The normalized spacial score (nSPS) is 17.5. The van der Waals surface area contributed by atoms with Crippen LogP contribution in [0.1, 0.15) is 17.3 Å². The number of hydrogen-bond acceptors (Lipinski definition) is 5. The van der Waals surface area contributed by atoms with Gasteiger partial charge in [0.25, 0.3) is 11.8 Å². The van der Waals surface area contributed by atoms with E-state index in [0.29, 0.717) is 30.2 Å². The molecule has 1 heterocycles. The molecule has 1 atom stereocenters. The van der Waals surface area contributed by atoms with Crippen molar-refractivity contribution in [1.82, 2.24) is 15.5 Å². The van der Waals surface area contributed by atoms with Crippen LogP contribution in [0.2, 0.25) is 0 Å². The SMILES string of the molecule is CNC(=O)COc1ccc(C(=O)N2CCN[C@H](C)C2)cc1OC. The fraction of sp³-hybridized carbons (Fsp3) is 0.500. The van der Waals surface area contributed by atoms with E-state index in [1.54, 1.807) is 25.2 Å². The van der Waals surface area contributed by atoms with Gasteiger partial charge in [0.1, 0.15) is 0 Å². The van der Waals surface area contributed by atoms with Crippen molar-refractivity contribution in [1.29, 1.82) is 0 Å². The van der Waals surface area contributed by atoms with Crippen LogP contribution < -0.4 is 20.1 Å². The number of carbonyl (C=O) groups is 2. The lowest BCUT2D eigenvalue weighted by atomic mass is 10.1. The van der Waals surface area contributed by atoms with Gasteiger partial charge >= 0.3 is 0 Å². The molecule has 2 amide bonds. The molecule has 23 heavy (non-hydrogen) atoms. The van der Waals surface area contributed by atoms with Crippen LogP contribution in [-0.2, 0) is 4.79 Å². The quantitative estimate of drug-likeness (QED) is 0.813. The van der Waals surface area contributed by atoms with Crippen LogP contribution in [0.5, 0.6) is 11.5 Å². The Morgan fingerprint density at radius 2 is 2.17 bits per heavy atom. The Hall–Kier alpha value is -2.28. The number of methoxy groups -OCH3 is 1. The molecule has 0 aromatic heterocycles. The summed E-state index contributed by atoms with van der Waals surface area (Å²) in [6, 6.07) is 5.27. The average Bonchev–Trinajstić information content (AvgIpc) is 2.58. The first-order chi connectivity index (χ1) is 11.0. The molecule has 1 aliphatic rings. The zero-order valence-corrected chi connectivity index (χ0v) is 13.7. The van der Waals surface area contributed by atoms with Gasteiger partial charge in [-0.1, -0.05) is 0 Å². The van der Waals surface area contributed by atoms with Crippen LogP contribution in [0.4, 0.5) is 0 Å². The van der Waals surface area contributed by atoms with E-state index in [9.17, 15) is 9.59 Å². The average molecular weight is 321 g/mol. The number of ether oxygens (including phenoxy) is 2. The van der Waals surface area contributed by atoms with E-state index in [1.165, 1.54) is 7.11 Å². The van der Waals surface area contributed by atoms with E-state index in [1.807, 2.05) is 4.90 Å². The maximum absolute atomic E-state index is 12.6. The number of benzene rings is 1. The van der Waals surface area contributed by atoms with Crippen molar-refractivity contribution in [3.8, 4) is 11.5 Å². The molecule has 1 aromatic carbocycles. The van der Waals surface area contributed by atoms with E-state index >= 15 is 0 Å². The van der Waals surface area contributed by atoms with Gasteiger partial charge in [0.15, 0.2) is 18.1 Å². The summed E-state index contributed by atoms with van der Waals surface area (Å²) in [5, 5.41) is 5.78. The maximum atomic E-state index is 12.6. The Kier molecular flexibility index (Phi) is 5.81. The highest BCUT2D eigenvalue weighted by atomic mass is 16.5. The highest BCUT2D eigenvalue weighted by Crippen LogP contribution is 2.28. The lowest BCUT2D eigenvalue weighted by Crippen LogP contribution is -2.51. The fourth-order valence-electron chi connectivity index (χ4n) is 2.43. The van der Waals surface area contributed by atoms with Crippen molar-refractivity contribution < 1.29 is 19.1 Å². The van der Waals surface area contributed by atoms with Gasteiger partial charge in [-0.05, 0) is 25.1 Å². The summed E-state index contributed by atoms with van der Waals surface area (Å²) in [7, 11) is 3.04. The van der Waals surface area contributed by atoms with Crippen molar-refractivity contribution >= 4 is 11.8 Å². The van der Waals surface area contributed by atoms with Gasteiger partial charge in [-0.2, -0.15) is 0 Å². The Labute approximate surface area is 135 Å². The third-order valence-corrected chi connectivity index (χ3v) is 3.70. The van der Waals surface area contributed by atoms with Gasteiger partial charge < -0.3 is 25.0 Å². The molecule has 2 rings (SSSR count). The molecule has 0 saturated carbocycles. The molecule has 7 nitrogen and oxygen atoms in total. The van der Waals surface area contributed by atoms with E-state index in [2.05, 4.69) is 17.6 Å². The first-order valence-corrected chi connectivity index (χ1v) is 7.59. The van der Waals surface area contributed by atoms with E-state index in [4.69, 9.17) is 9.47 Å². The number of nitrogens with one attached hydrogen (secondary N) is 2. The van der Waals surface area contributed by atoms with Crippen molar-refractivity contribution in [2.24, 2.45) is 0 Å². The molecule has 1 aromatic rings. The predicted molar refractivity (Wildman–Crippen MR) is 85.9 cm³/mol. The number of rotatable bonds is 5. The van der Waals surface area contributed by atoms with Crippen LogP contribution in [-0.4, -0.2) is 63.2 Å². The molecule has 0 bridgehead atoms. The van der Waals surface area contributed by atoms with Crippen LogP contribution in [0.15, 0.2) is 18.2 Å². The maximum Gasteiger partial charge on any atom is 0.257 e. The van der Waals surface area contributed by atoms with Crippen LogP contribution in [0.25, 0.3) is 0 Å². The highest BCUT2D eigenvalue weighted by Gasteiger charge is 2.22. The molecule has 0 radical (unpaired) electrons. The van der Waals surface area contributed by atoms with Crippen LogP contribution in [0.3, 0.4) is 0 Å². The van der Waals surface area contributed by atoms with Crippen LogP contribution >= 0.6 is 0 Å². The molecule has 1 aliphatic heterocycles. The first-order valence-electron chi connectivity index (χ1n) is 7.59. The molecule has 1 fully saturated rings. The number of hydrogen-bond donors (Lipinski definition) is 2. The minimum atomic E-state index is -0.234. The van der Waals surface area contributed by atoms with Crippen molar-refractivity contribution in [3.63, 3.8) is 0 Å². The van der Waals surface area contributed by atoms with Crippen LogP contribution in [0, 0.1) is 0 Å². The lowest BCUT2D eigenvalue weighted by molar-refractivity contribution is -0.122. The molecule has 126 valence electrons. The number of amides is 2. The first kappa shape index (κ1) is 17.1. The van der Waals surface area contributed by atoms with Gasteiger partial charge in [0.2, 0.25) is 0 Å². The topological polar surface area (TPSA) is 79.9 Å². The van der Waals surface area contributed by atoms with Gasteiger partial charge in [0, 0.05) is 38.3 Å². The number of nitrogens with zero attached hydrogens (tertiary/aromatic N) is 1. The fourth-order valence-corrected chi connectivity index (χ4v) is 2.43. The smallest absolute Gasteiger partial charge is 0.257 e. The molecule has 0 spiro atoms. The summed E-state index contributed by atoms with van der Waals surface area (Å²) in [5.41, 5.74) is 0.545. The monoisotopic (exact) mass is 321 g/mol. The summed E-state index contributed by atoms with van der Waals surface area (Å²) in [6.45, 7) is 4.10. The highest BCUT2D eigenvalue weighted by molar-refractivity contribution is 5.95. The van der Waals surface area contributed by atoms with Gasteiger partial charge in [-0.25, -0.2) is 0 Å². The van der Waals surface area contributed by atoms with Gasteiger partial charge in [0.05, 0.1) is 7.11 Å². The largest absolute Gasteiger partial charge is 0.493 e. The molecule has 1 saturated heterocycles. The minimum absolute atomic E-state index is 0.0329. The molecule has 7 heteroatoms. The predicted octanol–water partition coefficient (Wildman–Crippen LogP) is 0.254. The Morgan fingerprint density at radius 3 is 2.83 bits per heavy atom. The molecular weight excluding hydrogens is 298 g/mol. The number of likely N-dealkylation sites (N-methyl/N-ethyl adjacent to an activating group) is 1. The van der Waals surface area contributed by atoms with E-state index < -0.39 is 0 Å². The summed E-state index contributed by atoms with van der Waals surface area (Å²) in [5.74, 6) is 0.598. The molecule has 0 aliphatic carbocycles. The second-order valence-electron chi connectivity index (χ2n) is 5.43. The van der Waals surface area contributed by atoms with E-state index in [-0.39, 0.29) is 24.5 Å². The second kappa shape index (κ2) is 7.82. The summed E-state index contributed by atoms with van der Waals surface area (Å²) in [6.07, 6.45) is 0. The third-order valence-electron chi connectivity index (χ3n) is 3.70. The lowest BCUT2D eigenvalue weighted by Gasteiger charge is -2.32. The Morgan fingerprint density at radius 1 is 1.39 bits per heavy atom. The van der Waals surface area contributed by atoms with Crippen molar-refractivity contribution in [2.45, 2.75) is 13.0 Å². The Balaban J connectivity index is 2.11. The zero-order chi connectivity index (χ0) is 16.8. The van der Waals surface area contributed by atoms with E-state index in [0.717, 1.165) is 6.54 Å². The molecule has 2 N–H and O–H groups in total. The van der Waals surface area contributed by atoms with Gasteiger partial charge in [-0.15, -0.1) is 0 Å². The summed E-state index contributed by atoms with van der Waals surface area (Å²) in [4.78, 5) is 25.6. The number of carbonyl (C=O) groups excluding carboxylic acids is 2. The zero-order valence-electron chi connectivity index (χ0n) is 13.7. The summed E-state index contributed by atoms with van der Waals surface area (Å²) < 4.78 is 10.7. The second-order valence-corrected chi connectivity index (χ2v) is 5.43. The standard InChI is InChI=1S/C16H23N3O4/c1-11-9-19(7-6-18-11)16(21)12-4-5-13(14(8-12)22-3)23-10-15(20)17-2/h4-5,8,11,18H,6-7,9-10H2,1-3H3,(H,17,20)/t11-/m1/s1. The van der Waals surface area contributed by atoms with Crippen molar-refractivity contribution in [2.75, 3.05) is 40.4 Å². The number of piperazine rings is 1. The Bertz CT molecular complexity index is 576. The minimum Gasteiger partial charge on any atom is -0.493 e. The van der Waals surface area contributed by atoms with Crippen molar-refractivity contribution in [3.05, 3.63) is 23.8 Å².